The van der Waals surface area contributed by atoms with Gasteiger partial charge in [0.15, 0.2) is 6.23 Å². The molecular formula is C27H31NO11P2. The lowest BCUT2D eigenvalue weighted by Gasteiger charge is -2.29. The lowest BCUT2D eigenvalue weighted by atomic mass is 9.90. The highest BCUT2D eigenvalue weighted by Crippen LogP contribution is 2.61. The Labute approximate surface area is 236 Å². The SMILES string of the molecule is Cc1ccc(CP(=O)(O)OP(=O)(O)OCC2OC(C3C=C4C=C(c5ccccc5)OC4NC3=O)C(O)C2O)cc1C. The number of hydrogen-bond acceptors (Lipinski definition) is 9. The van der Waals surface area contributed by atoms with Gasteiger partial charge in [-0.1, -0.05) is 54.6 Å². The average molecular weight is 607 g/mol. The summed E-state index contributed by atoms with van der Waals surface area (Å²) in [6, 6.07) is 14.3. The standard InChI is InChI=1S/C27H31NO11P2/c1-15-8-9-17(10-16(15)2)14-40(32,33)39-41(34,35)36-13-22-23(29)24(30)25(37-22)20-11-19-12-21(18-6-4-3-5-7-18)38-27(19)28-26(20)31/h3-12,20,22-25,27,29-30H,13-14H2,1-2H3,(H,28,31)(H,32,33)(H,34,35). The summed E-state index contributed by atoms with van der Waals surface area (Å²) in [4.78, 5) is 33.2. The van der Waals surface area contributed by atoms with Gasteiger partial charge in [-0.25, -0.2) is 8.88 Å². The Bertz CT molecular complexity index is 1480. The molecule has 0 aliphatic carbocycles. The van der Waals surface area contributed by atoms with Crippen LogP contribution in [0.1, 0.15) is 22.3 Å². The number of hydrogen-bond donors (Lipinski definition) is 5. The summed E-state index contributed by atoms with van der Waals surface area (Å²) in [6.07, 6.45) is -3.58. The average Bonchev–Trinajstić information content (AvgIpc) is 3.44. The Morgan fingerprint density at radius 3 is 2.44 bits per heavy atom. The molecule has 5 rings (SSSR count). The van der Waals surface area contributed by atoms with Crippen LogP contribution in [0, 0.1) is 19.8 Å². The molecular weight excluding hydrogens is 576 g/mol. The van der Waals surface area contributed by atoms with Gasteiger partial charge in [-0.3, -0.25) is 13.9 Å². The Hall–Kier alpha value is -2.63. The molecule has 1 saturated heterocycles. The van der Waals surface area contributed by atoms with Gasteiger partial charge in [0.05, 0.1) is 18.7 Å². The molecule has 8 atom stereocenters. The molecule has 14 heteroatoms. The Morgan fingerprint density at radius 2 is 1.73 bits per heavy atom. The van der Waals surface area contributed by atoms with Gasteiger partial charge in [0.25, 0.3) is 0 Å². The van der Waals surface area contributed by atoms with E-state index in [0.29, 0.717) is 16.9 Å². The summed E-state index contributed by atoms with van der Waals surface area (Å²) >= 11 is 0. The molecule has 0 saturated carbocycles. The van der Waals surface area contributed by atoms with Crippen LogP contribution in [0.2, 0.25) is 0 Å². The number of carbonyl (C=O) groups is 1. The van der Waals surface area contributed by atoms with Gasteiger partial charge < -0.3 is 34.8 Å². The molecule has 8 unspecified atom stereocenters. The second-order valence-electron chi connectivity index (χ2n) is 10.3. The summed E-state index contributed by atoms with van der Waals surface area (Å²) in [5.41, 5.74) is 3.72. The largest absolute Gasteiger partial charge is 0.479 e. The third kappa shape index (κ3) is 6.73. The van der Waals surface area contributed by atoms with Gasteiger partial charge in [0.1, 0.15) is 30.2 Å². The van der Waals surface area contributed by atoms with E-state index in [0.717, 1.165) is 16.7 Å². The van der Waals surface area contributed by atoms with Gasteiger partial charge in [-0.2, -0.15) is 0 Å². The maximum Gasteiger partial charge on any atom is 0.479 e. The van der Waals surface area contributed by atoms with Crippen molar-refractivity contribution in [3.05, 3.63) is 88.5 Å². The molecule has 12 nitrogen and oxygen atoms in total. The topological polar surface area (TPSA) is 181 Å². The van der Waals surface area contributed by atoms with Crippen LogP contribution in [0.4, 0.5) is 0 Å². The van der Waals surface area contributed by atoms with Crippen molar-refractivity contribution < 1.29 is 52.2 Å². The summed E-state index contributed by atoms with van der Waals surface area (Å²) < 4.78 is 46.0. The predicted octanol–water partition coefficient (Wildman–Crippen LogP) is 2.68. The fraction of sp³-hybridized carbons (Fsp3) is 0.370. The minimum Gasteiger partial charge on any atom is -0.466 e. The number of ether oxygens (including phenoxy) is 2. The van der Waals surface area contributed by atoms with Gasteiger partial charge in [-0.15, -0.1) is 0 Å². The van der Waals surface area contributed by atoms with E-state index in [2.05, 4.69) is 9.63 Å². The predicted molar refractivity (Wildman–Crippen MR) is 146 cm³/mol. The van der Waals surface area contributed by atoms with Gasteiger partial charge in [0, 0.05) is 11.1 Å². The maximum atomic E-state index is 12.9. The van der Waals surface area contributed by atoms with E-state index in [9.17, 15) is 33.9 Å². The van der Waals surface area contributed by atoms with Gasteiger partial charge in [0.2, 0.25) is 5.91 Å². The second kappa shape index (κ2) is 11.6. The Morgan fingerprint density at radius 1 is 1.00 bits per heavy atom. The molecule has 41 heavy (non-hydrogen) atoms. The van der Waals surface area contributed by atoms with Crippen molar-refractivity contribution in [2.45, 2.75) is 50.7 Å². The molecule has 2 aromatic carbocycles. The summed E-state index contributed by atoms with van der Waals surface area (Å²) in [7, 11) is -9.70. The fourth-order valence-electron chi connectivity index (χ4n) is 4.94. The van der Waals surface area contributed by atoms with Gasteiger partial charge in [-0.05, 0) is 36.6 Å². The number of amides is 1. The van der Waals surface area contributed by atoms with Crippen molar-refractivity contribution in [2.75, 3.05) is 6.61 Å². The molecule has 2 aromatic rings. The zero-order valence-corrected chi connectivity index (χ0v) is 24.0. The number of carbonyl (C=O) groups excluding carboxylic acids is 1. The molecule has 0 aromatic heterocycles. The van der Waals surface area contributed by atoms with Crippen molar-refractivity contribution in [1.29, 1.82) is 0 Å². The fourth-order valence-corrected chi connectivity index (χ4v) is 7.64. The summed E-state index contributed by atoms with van der Waals surface area (Å²) in [5.74, 6) is -0.971. The molecule has 3 aliphatic rings. The number of aryl methyl sites for hydroxylation is 2. The number of phosphoric acid groups is 1. The van der Waals surface area contributed by atoms with Crippen molar-refractivity contribution in [1.82, 2.24) is 5.32 Å². The Balaban J connectivity index is 1.22. The number of aliphatic hydroxyl groups is 2. The van der Waals surface area contributed by atoms with E-state index in [4.69, 9.17) is 14.0 Å². The van der Waals surface area contributed by atoms with E-state index in [1.165, 1.54) is 0 Å². The van der Waals surface area contributed by atoms with Crippen molar-refractivity contribution >= 4 is 27.1 Å². The number of rotatable bonds is 9. The van der Waals surface area contributed by atoms with Crippen LogP contribution >= 0.6 is 15.4 Å². The zero-order chi connectivity index (χ0) is 29.5. The summed E-state index contributed by atoms with van der Waals surface area (Å²) in [6.45, 7) is 2.94. The normalized spacial score (nSPS) is 30.3. The maximum absolute atomic E-state index is 12.9. The number of phosphoric ester groups is 1. The first kappa shape index (κ1) is 29.8. The van der Waals surface area contributed by atoms with Crippen LogP contribution < -0.4 is 5.32 Å². The number of benzene rings is 2. The van der Waals surface area contributed by atoms with Crippen LogP contribution in [0.15, 0.2) is 66.3 Å². The van der Waals surface area contributed by atoms with Crippen LogP contribution in [0.3, 0.4) is 0 Å². The lowest BCUT2D eigenvalue weighted by molar-refractivity contribution is -0.133. The van der Waals surface area contributed by atoms with E-state index < -0.39 is 70.7 Å². The molecule has 0 bridgehead atoms. The summed E-state index contributed by atoms with van der Waals surface area (Å²) in [5, 5.41) is 23.9. The lowest BCUT2D eigenvalue weighted by Crippen LogP contribution is -2.49. The molecule has 220 valence electrons. The highest BCUT2D eigenvalue weighted by molar-refractivity contribution is 7.63. The van der Waals surface area contributed by atoms with Gasteiger partial charge >= 0.3 is 15.4 Å². The first-order chi connectivity index (χ1) is 19.3. The third-order valence-corrected chi connectivity index (χ3v) is 10.3. The third-order valence-electron chi connectivity index (χ3n) is 7.19. The van der Waals surface area contributed by atoms with E-state index in [1.54, 1.807) is 30.4 Å². The number of aliphatic hydroxyl groups excluding tert-OH is 2. The first-order valence-electron chi connectivity index (χ1n) is 12.9. The van der Waals surface area contributed by atoms with Crippen LogP contribution in [-0.4, -0.2) is 63.2 Å². The van der Waals surface area contributed by atoms with Crippen molar-refractivity contribution in [2.24, 2.45) is 5.92 Å². The molecule has 1 amide bonds. The van der Waals surface area contributed by atoms with Crippen molar-refractivity contribution in [3.8, 4) is 0 Å². The highest BCUT2D eigenvalue weighted by atomic mass is 31.3. The molecule has 1 fully saturated rings. The van der Waals surface area contributed by atoms with Crippen molar-refractivity contribution in [3.63, 3.8) is 0 Å². The van der Waals surface area contributed by atoms with Crippen LogP contribution in [0.25, 0.3) is 5.76 Å². The molecule has 3 aliphatic heterocycles. The molecule has 3 heterocycles. The smallest absolute Gasteiger partial charge is 0.466 e. The Kier molecular flexibility index (Phi) is 8.42. The first-order valence-corrected chi connectivity index (χ1v) is 16.1. The molecule has 0 spiro atoms. The minimum absolute atomic E-state index is 0.431. The highest BCUT2D eigenvalue weighted by Gasteiger charge is 2.50. The monoisotopic (exact) mass is 607 g/mol. The zero-order valence-electron chi connectivity index (χ0n) is 22.2. The molecule has 0 radical (unpaired) electrons. The quantitative estimate of drug-likeness (QED) is 0.265. The van der Waals surface area contributed by atoms with Crippen LogP contribution in [-0.2, 0) is 38.4 Å². The minimum atomic E-state index is -5.09. The second-order valence-corrected chi connectivity index (χ2v) is 13.7. The van der Waals surface area contributed by atoms with Crippen LogP contribution in [0.5, 0.6) is 0 Å². The van der Waals surface area contributed by atoms with E-state index in [1.807, 2.05) is 44.2 Å². The number of fused-ring (bicyclic) bond motifs is 1. The number of nitrogens with one attached hydrogen (secondary N) is 1. The van der Waals surface area contributed by atoms with E-state index >= 15 is 0 Å². The van der Waals surface area contributed by atoms with E-state index in [-0.39, 0.29) is 0 Å². The molecule has 5 N–H and O–H groups in total.